The summed E-state index contributed by atoms with van der Waals surface area (Å²) >= 11 is 19.2. The van der Waals surface area contributed by atoms with Crippen LogP contribution in [0.1, 0.15) is 12.0 Å². The number of hydrogen-bond donors (Lipinski definition) is 2. The van der Waals surface area contributed by atoms with Gasteiger partial charge in [0.1, 0.15) is 0 Å². The zero-order valence-corrected chi connectivity index (χ0v) is 15.9. The van der Waals surface area contributed by atoms with Crippen LogP contribution in [-0.2, 0) is 16.1 Å². The molecule has 3 rings (SSSR count). The Morgan fingerprint density at radius 3 is 2.60 bits per heavy atom. The quantitative estimate of drug-likeness (QED) is 0.756. The minimum atomic E-state index is -0.491. The van der Waals surface area contributed by atoms with Crippen LogP contribution in [-0.4, -0.2) is 17.1 Å². The largest absolute Gasteiger partial charge is 0.352 e. The number of benzene rings is 2. The van der Waals surface area contributed by atoms with Crippen LogP contribution < -0.4 is 10.6 Å². The second kappa shape index (κ2) is 7.87. The second-order valence-corrected chi connectivity index (χ2v) is 7.98. The Morgan fingerprint density at radius 2 is 1.84 bits per heavy atom. The van der Waals surface area contributed by atoms with Gasteiger partial charge < -0.3 is 10.6 Å². The van der Waals surface area contributed by atoms with E-state index in [2.05, 4.69) is 10.6 Å². The average molecular weight is 416 g/mol. The molecule has 0 spiro atoms. The fourth-order valence-electron chi connectivity index (χ4n) is 2.36. The van der Waals surface area contributed by atoms with Crippen molar-refractivity contribution in [1.82, 2.24) is 5.32 Å². The van der Waals surface area contributed by atoms with Crippen molar-refractivity contribution in [2.24, 2.45) is 0 Å². The van der Waals surface area contributed by atoms with E-state index < -0.39 is 5.25 Å². The molecule has 2 amide bonds. The zero-order chi connectivity index (χ0) is 18.0. The number of rotatable bonds is 4. The van der Waals surface area contributed by atoms with E-state index in [9.17, 15) is 9.59 Å². The lowest BCUT2D eigenvalue weighted by atomic mass is 10.2. The average Bonchev–Trinajstić information content (AvgIpc) is 2.55. The Labute approximate surface area is 164 Å². The van der Waals surface area contributed by atoms with Crippen LogP contribution in [0.15, 0.2) is 41.3 Å². The predicted molar refractivity (Wildman–Crippen MR) is 103 cm³/mol. The molecule has 0 aromatic heterocycles. The third kappa shape index (κ3) is 4.61. The van der Waals surface area contributed by atoms with Gasteiger partial charge in [-0.1, -0.05) is 40.9 Å². The Hall–Kier alpha value is -1.40. The molecule has 0 fully saturated rings. The summed E-state index contributed by atoms with van der Waals surface area (Å²) in [5.74, 6) is -0.435. The predicted octanol–water partition coefficient (Wildman–Crippen LogP) is 4.77. The monoisotopic (exact) mass is 414 g/mol. The first kappa shape index (κ1) is 18.4. The first-order valence-electron chi connectivity index (χ1n) is 7.40. The van der Waals surface area contributed by atoms with Gasteiger partial charge >= 0.3 is 0 Å². The van der Waals surface area contributed by atoms with Gasteiger partial charge in [-0.15, -0.1) is 11.8 Å². The van der Waals surface area contributed by atoms with E-state index in [0.29, 0.717) is 20.8 Å². The fourth-order valence-corrected chi connectivity index (χ4v) is 4.09. The van der Waals surface area contributed by atoms with Crippen LogP contribution in [0.2, 0.25) is 15.1 Å². The highest BCUT2D eigenvalue weighted by molar-refractivity contribution is 8.01. The molecule has 1 aliphatic heterocycles. The summed E-state index contributed by atoms with van der Waals surface area (Å²) in [4.78, 5) is 25.2. The molecule has 8 heteroatoms. The SMILES string of the molecule is O=C(CC1Sc2ccc(Cl)cc2NC1=O)NCc1ccc(Cl)cc1Cl. The molecule has 25 heavy (non-hydrogen) atoms. The maximum atomic E-state index is 12.2. The number of amides is 2. The van der Waals surface area contributed by atoms with Gasteiger partial charge in [-0.3, -0.25) is 9.59 Å². The molecule has 4 nitrogen and oxygen atoms in total. The van der Waals surface area contributed by atoms with Crippen LogP contribution in [0.4, 0.5) is 5.69 Å². The topological polar surface area (TPSA) is 58.2 Å². The van der Waals surface area contributed by atoms with Gasteiger partial charge in [0.25, 0.3) is 0 Å². The Balaban J connectivity index is 1.59. The molecule has 2 aromatic carbocycles. The van der Waals surface area contributed by atoms with Gasteiger partial charge in [0, 0.05) is 32.9 Å². The van der Waals surface area contributed by atoms with E-state index in [1.807, 2.05) is 6.07 Å². The highest BCUT2D eigenvalue weighted by Gasteiger charge is 2.29. The normalized spacial score (nSPS) is 16.1. The maximum Gasteiger partial charge on any atom is 0.238 e. The summed E-state index contributed by atoms with van der Waals surface area (Å²) in [5.41, 5.74) is 1.44. The van der Waals surface area contributed by atoms with E-state index >= 15 is 0 Å². The van der Waals surface area contributed by atoms with Crippen molar-refractivity contribution in [2.75, 3.05) is 5.32 Å². The molecule has 0 saturated heterocycles. The first-order valence-corrected chi connectivity index (χ1v) is 9.41. The second-order valence-electron chi connectivity index (χ2n) is 5.45. The van der Waals surface area contributed by atoms with Crippen LogP contribution in [0.5, 0.6) is 0 Å². The molecule has 2 aromatic rings. The summed E-state index contributed by atoms with van der Waals surface area (Å²) < 4.78 is 0. The van der Waals surface area contributed by atoms with Gasteiger partial charge in [0.2, 0.25) is 11.8 Å². The van der Waals surface area contributed by atoms with Gasteiger partial charge in [-0.25, -0.2) is 0 Å². The summed E-state index contributed by atoms with van der Waals surface area (Å²) in [7, 11) is 0. The number of carbonyl (C=O) groups is 2. The molecule has 1 aliphatic rings. The van der Waals surface area contributed by atoms with E-state index in [4.69, 9.17) is 34.8 Å². The third-order valence-corrected chi connectivity index (χ3v) is 5.72. The van der Waals surface area contributed by atoms with E-state index in [0.717, 1.165) is 10.5 Å². The minimum absolute atomic E-state index is 0.0732. The van der Waals surface area contributed by atoms with E-state index in [-0.39, 0.29) is 24.8 Å². The summed E-state index contributed by atoms with van der Waals surface area (Å²) in [6, 6.07) is 10.4. The molecule has 1 unspecified atom stereocenters. The standard InChI is InChI=1S/C17H13Cl3N2O2S/c18-10-2-1-9(12(20)5-10)8-21-16(23)7-15-17(24)22-13-6-11(19)3-4-14(13)25-15/h1-6,15H,7-8H2,(H,21,23)(H,22,24). The number of thioether (sulfide) groups is 1. The maximum absolute atomic E-state index is 12.2. The minimum Gasteiger partial charge on any atom is -0.352 e. The van der Waals surface area contributed by atoms with Gasteiger partial charge in [0.05, 0.1) is 10.9 Å². The zero-order valence-electron chi connectivity index (χ0n) is 12.8. The molecule has 0 saturated carbocycles. The lowest BCUT2D eigenvalue weighted by molar-refractivity contribution is -0.124. The van der Waals surface area contributed by atoms with Crippen LogP contribution in [0.3, 0.4) is 0 Å². The van der Waals surface area contributed by atoms with Crippen LogP contribution >= 0.6 is 46.6 Å². The molecular weight excluding hydrogens is 403 g/mol. The van der Waals surface area contributed by atoms with Crippen LogP contribution in [0.25, 0.3) is 0 Å². The first-order chi connectivity index (χ1) is 11.9. The van der Waals surface area contributed by atoms with E-state index in [1.54, 1.807) is 30.3 Å². The molecule has 0 radical (unpaired) electrons. The molecule has 0 aliphatic carbocycles. The van der Waals surface area contributed by atoms with Crippen LogP contribution in [0, 0.1) is 0 Å². The number of hydrogen-bond acceptors (Lipinski definition) is 3. The summed E-state index contributed by atoms with van der Waals surface area (Å²) in [6.45, 7) is 0.278. The van der Waals surface area contributed by atoms with Crippen molar-refractivity contribution in [3.8, 4) is 0 Å². The molecule has 0 bridgehead atoms. The van der Waals surface area contributed by atoms with Crippen molar-refractivity contribution in [3.05, 3.63) is 57.0 Å². The van der Waals surface area contributed by atoms with Crippen molar-refractivity contribution in [3.63, 3.8) is 0 Å². The van der Waals surface area contributed by atoms with E-state index in [1.165, 1.54) is 11.8 Å². The smallest absolute Gasteiger partial charge is 0.238 e. The number of fused-ring (bicyclic) bond motifs is 1. The number of nitrogens with one attached hydrogen (secondary N) is 2. The summed E-state index contributed by atoms with van der Waals surface area (Å²) in [6.07, 6.45) is 0.0732. The Kier molecular flexibility index (Phi) is 5.79. The lowest BCUT2D eigenvalue weighted by Gasteiger charge is -2.23. The highest BCUT2D eigenvalue weighted by atomic mass is 35.5. The van der Waals surface area contributed by atoms with Gasteiger partial charge in [-0.05, 0) is 35.9 Å². The lowest BCUT2D eigenvalue weighted by Crippen LogP contribution is -2.34. The molecule has 2 N–H and O–H groups in total. The Bertz CT molecular complexity index is 845. The van der Waals surface area contributed by atoms with Crippen molar-refractivity contribution in [1.29, 1.82) is 0 Å². The molecule has 1 atom stereocenters. The molecule has 130 valence electrons. The number of carbonyl (C=O) groups excluding carboxylic acids is 2. The Morgan fingerprint density at radius 1 is 1.12 bits per heavy atom. The molecule has 1 heterocycles. The van der Waals surface area contributed by atoms with Crippen molar-refractivity contribution < 1.29 is 9.59 Å². The number of halogens is 3. The summed E-state index contributed by atoms with van der Waals surface area (Å²) in [5, 5.41) is 6.65. The van der Waals surface area contributed by atoms with Gasteiger partial charge in [0.15, 0.2) is 0 Å². The van der Waals surface area contributed by atoms with Crippen molar-refractivity contribution >= 4 is 64.1 Å². The number of anilines is 1. The third-order valence-electron chi connectivity index (χ3n) is 3.62. The molecular formula is C17H13Cl3N2O2S. The fraction of sp³-hybridized carbons (Fsp3) is 0.176. The highest BCUT2D eigenvalue weighted by Crippen LogP contribution is 2.38. The van der Waals surface area contributed by atoms with Crippen molar-refractivity contribution in [2.45, 2.75) is 23.1 Å². The van der Waals surface area contributed by atoms with Gasteiger partial charge in [-0.2, -0.15) is 0 Å².